The van der Waals surface area contributed by atoms with Crippen molar-refractivity contribution in [2.24, 2.45) is 0 Å². The topological polar surface area (TPSA) is 60.2 Å². The molecule has 0 spiro atoms. The van der Waals surface area contributed by atoms with E-state index in [9.17, 15) is 0 Å². The van der Waals surface area contributed by atoms with Gasteiger partial charge in [0.05, 0.1) is 0 Å². The van der Waals surface area contributed by atoms with Crippen molar-refractivity contribution in [3.05, 3.63) is 41.5 Å². The van der Waals surface area contributed by atoms with Crippen LogP contribution in [0, 0.1) is 0 Å². The smallest absolute Gasteiger partial charge is 0.227 e. The van der Waals surface area contributed by atoms with Gasteiger partial charge in [-0.2, -0.15) is 4.98 Å². The molecule has 0 radical (unpaired) electrons. The number of aromatic nitrogens is 2. The number of rotatable bonds is 5. The third kappa shape index (κ3) is 2.61. The Morgan fingerprint density at radius 2 is 2.32 bits per heavy atom. The molecule has 0 fully saturated rings. The van der Waals surface area contributed by atoms with Crippen molar-refractivity contribution in [1.29, 1.82) is 0 Å². The van der Waals surface area contributed by atoms with Crippen LogP contribution in [0.2, 0.25) is 0 Å². The van der Waals surface area contributed by atoms with Crippen LogP contribution in [0.3, 0.4) is 0 Å². The van der Waals surface area contributed by atoms with Gasteiger partial charge in [0.25, 0.3) is 0 Å². The molecule has 0 bridgehead atoms. The molecular formula is C14H17N3O2. The standard InChI is InChI=1S/C14H17N3O2/c1-2-18-9-13-16-14(19-17-13)7-10-8-15-12-6-4-3-5-11(10)12/h3-6,10,15H,2,7-9H2,1H3. The molecule has 2 heterocycles. The summed E-state index contributed by atoms with van der Waals surface area (Å²) in [5.74, 6) is 1.70. The maximum absolute atomic E-state index is 5.27. The van der Waals surface area contributed by atoms with E-state index in [0.717, 1.165) is 13.0 Å². The highest BCUT2D eigenvalue weighted by atomic mass is 16.5. The Labute approximate surface area is 112 Å². The fourth-order valence-electron chi connectivity index (χ4n) is 2.38. The van der Waals surface area contributed by atoms with Gasteiger partial charge < -0.3 is 14.6 Å². The first kappa shape index (κ1) is 12.2. The maximum Gasteiger partial charge on any atom is 0.227 e. The van der Waals surface area contributed by atoms with Crippen LogP contribution in [0.25, 0.3) is 0 Å². The van der Waals surface area contributed by atoms with Crippen LogP contribution >= 0.6 is 0 Å². The van der Waals surface area contributed by atoms with E-state index in [-0.39, 0.29) is 0 Å². The first-order valence-corrected chi connectivity index (χ1v) is 6.59. The van der Waals surface area contributed by atoms with Gasteiger partial charge >= 0.3 is 0 Å². The summed E-state index contributed by atoms with van der Waals surface area (Å²) >= 11 is 0. The highest BCUT2D eigenvalue weighted by Gasteiger charge is 2.24. The molecule has 1 unspecified atom stereocenters. The second-order valence-electron chi connectivity index (χ2n) is 4.61. The lowest BCUT2D eigenvalue weighted by Crippen LogP contribution is -2.06. The number of hydrogen-bond acceptors (Lipinski definition) is 5. The molecule has 1 aliphatic heterocycles. The average molecular weight is 259 g/mol. The predicted molar refractivity (Wildman–Crippen MR) is 71.0 cm³/mol. The Balaban J connectivity index is 1.68. The summed E-state index contributed by atoms with van der Waals surface area (Å²) in [6.45, 7) is 3.94. The van der Waals surface area contributed by atoms with Crippen molar-refractivity contribution >= 4 is 5.69 Å². The van der Waals surface area contributed by atoms with Gasteiger partial charge in [0, 0.05) is 31.2 Å². The molecule has 1 aliphatic rings. The number of para-hydroxylation sites is 1. The molecule has 19 heavy (non-hydrogen) atoms. The monoisotopic (exact) mass is 259 g/mol. The Kier molecular flexibility index (Phi) is 3.46. The fourth-order valence-corrected chi connectivity index (χ4v) is 2.38. The van der Waals surface area contributed by atoms with E-state index in [2.05, 4.69) is 33.7 Å². The van der Waals surface area contributed by atoms with Gasteiger partial charge in [-0.25, -0.2) is 0 Å². The normalized spacial score (nSPS) is 17.2. The van der Waals surface area contributed by atoms with Gasteiger partial charge in [0.15, 0.2) is 5.82 Å². The minimum Gasteiger partial charge on any atom is -0.384 e. The molecule has 1 N–H and O–H groups in total. The molecule has 0 aliphatic carbocycles. The quantitative estimate of drug-likeness (QED) is 0.893. The molecule has 1 aromatic heterocycles. The number of fused-ring (bicyclic) bond motifs is 1. The summed E-state index contributed by atoms with van der Waals surface area (Å²) in [6, 6.07) is 8.36. The van der Waals surface area contributed by atoms with Crippen molar-refractivity contribution in [3.8, 4) is 0 Å². The predicted octanol–water partition coefficient (Wildman–Crippen LogP) is 2.36. The lowest BCUT2D eigenvalue weighted by atomic mass is 9.98. The maximum atomic E-state index is 5.27. The molecule has 1 aromatic carbocycles. The van der Waals surface area contributed by atoms with Crippen LogP contribution in [0.1, 0.15) is 30.1 Å². The first-order chi connectivity index (χ1) is 9.36. The Hall–Kier alpha value is -1.88. The minimum atomic E-state index is 0.400. The lowest BCUT2D eigenvalue weighted by molar-refractivity contribution is 0.126. The van der Waals surface area contributed by atoms with Crippen molar-refractivity contribution in [1.82, 2.24) is 10.1 Å². The summed E-state index contributed by atoms with van der Waals surface area (Å²) in [4.78, 5) is 4.35. The SMILES string of the molecule is CCOCc1noc(CC2CNc3ccccc32)n1. The molecule has 5 heteroatoms. The third-order valence-electron chi connectivity index (χ3n) is 3.31. The number of nitrogens with zero attached hydrogens (tertiary/aromatic N) is 2. The molecule has 0 amide bonds. The summed E-state index contributed by atoms with van der Waals surface area (Å²) in [5.41, 5.74) is 2.54. The average Bonchev–Trinajstić information content (AvgIpc) is 3.05. The third-order valence-corrected chi connectivity index (χ3v) is 3.31. The van der Waals surface area contributed by atoms with Crippen molar-refractivity contribution in [3.63, 3.8) is 0 Å². The van der Waals surface area contributed by atoms with Gasteiger partial charge in [-0.3, -0.25) is 0 Å². The van der Waals surface area contributed by atoms with Crippen molar-refractivity contribution in [2.75, 3.05) is 18.5 Å². The first-order valence-electron chi connectivity index (χ1n) is 6.59. The summed E-state index contributed by atoms with van der Waals surface area (Å²) < 4.78 is 10.5. The Morgan fingerprint density at radius 3 is 3.21 bits per heavy atom. The van der Waals surface area contributed by atoms with Crippen LogP contribution in [-0.4, -0.2) is 23.3 Å². The number of nitrogens with one attached hydrogen (secondary N) is 1. The zero-order chi connectivity index (χ0) is 13.1. The molecule has 2 aromatic rings. The molecule has 0 saturated heterocycles. The Morgan fingerprint density at radius 1 is 1.42 bits per heavy atom. The number of benzene rings is 1. The van der Waals surface area contributed by atoms with Crippen molar-refractivity contribution < 1.29 is 9.26 Å². The van der Waals surface area contributed by atoms with Gasteiger partial charge in [0.1, 0.15) is 6.61 Å². The van der Waals surface area contributed by atoms with E-state index in [1.165, 1.54) is 11.3 Å². The summed E-state index contributed by atoms with van der Waals surface area (Å²) in [7, 11) is 0. The van der Waals surface area contributed by atoms with Crippen LogP contribution in [0.15, 0.2) is 28.8 Å². The van der Waals surface area contributed by atoms with Gasteiger partial charge in [-0.15, -0.1) is 0 Å². The van der Waals surface area contributed by atoms with Crippen molar-refractivity contribution in [2.45, 2.75) is 25.9 Å². The fraction of sp³-hybridized carbons (Fsp3) is 0.429. The molecule has 0 saturated carbocycles. The lowest BCUT2D eigenvalue weighted by Gasteiger charge is -2.05. The number of anilines is 1. The highest BCUT2D eigenvalue weighted by Crippen LogP contribution is 2.32. The molecular weight excluding hydrogens is 242 g/mol. The Bertz CT molecular complexity index is 553. The van der Waals surface area contributed by atoms with Crippen LogP contribution in [0.4, 0.5) is 5.69 Å². The van der Waals surface area contributed by atoms with Crippen LogP contribution < -0.4 is 5.32 Å². The van der Waals surface area contributed by atoms with Crippen LogP contribution in [0.5, 0.6) is 0 Å². The minimum absolute atomic E-state index is 0.400. The van der Waals surface area contributed by atoms with E-state index in [1.54, 1.807) is 0 Å². The van der Waals surface area contributed by atoms with E-state index < -0.39 is 0 Å². The molecule has 1 atom stereocenters. The van der Waals surface area contributed by atoms with Gasteiger partial charge in [0.2, 0.25) is 5.89 Å². The number of ether oxygens (including phenoxy) is 1. The van der Waals surface area contributed by atoms with E-state index in [0.29, 0.717) is 30.8 Å². The molecule has 100 valence electrons. The summed E-state index contributed by atoms with van der Waals surface area (Å²) in [6.07, 6.45) is 0.767. The van der Waals surface area contributed by atoms with E-state index in [1.807, 2.05) is 13.0 Å². The molecule has 3 rings (SSSR count). The second-order valence-corrected chi connectivity index (χ2v) is 4.61. The highest BCUT2D eigenvalue weighted by molar-refractivity contribution is 5.57. The number of hydrogen-bond donors (Lipinski definition) is 1. The second kappa shape index (κ2) is 5.40. The summed E-state index contributed by atoms with van der Waals surface area (Å²) in [5, 5.41) is 7.32. The largest absolute Gasteiger partial charge is 0.384 e. The van der Waals surface area contributed by atoms with Gasteiger partial charge in [-0.05, 0) is 18.6 Å². The molecule has 5 nitrogen and oxygen atoms in total. The van der Waals surface area contributed by atoms with E-state index in [4.69, 9.17) is 9.26 Å². The zero-order valence-electron chi connectivity index (χ0n) is 10.9. The van der Waals surface area contributed by atoms with Gasteiger partial charge in [-0.1, -0.05) is 23.4 Å². The zero-order valence-corrected chi connectivity index (χ0v) is 10.9. The van der Waals surface area contributed by atoms with Crippen LogP contribution in [-0.2, 0) is 17.8 Å². The van der Waals surface area contributed by atoms with E-state index >= 15 is 0 Å².